The molecule has 0 aromatic carbocycles. The number of hydrogen-bond acceptors (Lipinski definition) is 1. The van der Waals surface area contributed by atoms with E-state index < -0.39 is 0 Å². The average molecular weight is 385 g/mol. The number of aliphatic hydroxyl groups excluding tert-OH is 1. The van der Waals surface area contributed by atoms with Gasteiger partial charge in [0.2, 0.25) is 0 Å². The summed E-state index contributed by atoms with van der Waals surface area (Å²) in [6.45, 7) is 12.1. The monoisotopic (exact) mass is 384 g/mol. The van der Waals surface area contributed by atoms with Crippen molar-refractivity contribution >= 4 is 0 Å². The maximum Gasteiger partial charge on any atom is 0.0615 e. The number of hydrogen-bond donors (Lipinski definition) is 1. The summed E-state index contributed by atoms with van der Waals surface area (Å²) in [5.74, 6) is 3.39. The highest BCUT2D eigenvalue weighted by atomic mass is 16.3. The van der Waals surface area contributed by atoms with Crippen LogP contribution in [0.5, 0.6) is 0 Å². The smallest absolute Gasteiger partial charge is 0.0615 e. The van der Waals surface area contributed by atoms with Crippen molar-refractivity contribution in [1.82, 2.24) is 0 Å². The van der Waals surface area contributed by atoms with Crippen LogP contribution in [-0.2, 0) is 0 Å². The first-order valence-corrected chi connectivity index (χ1v) is 12.1. The average Bonchev–Trinajstić information content (AvgIpc) is 2.99. The van der Waals surface area contributed by atoms with Crippen LogP contribution in [-0.4, -0.2) is 11.2 Å². The molecule has 0 aromatic heterocycles. The molecule has 1 N–H and O–H groups in total. The quantitative estimate of drug-likeness (QED) is 0.499. The van der Waals surface area contributed by atoms with Crippen molar-refractivity contribution in [1.29, 1.82) is 0 Å². The summed E-state index contributed by atoms with van der Waals surface area (Å²) < 4.78 is 0. The van der Waals surface area contributed by atoms with Crippen molar-refractivity contribution < 1.29 is 5.11 Å². The molecule has 0 aromatic rings. The van der Waals surface area contributed by atoms with Crippen LogP contribution in [0.25, 0.3) is 0 Å². The molecule has 0 aliphatic heterocycles. The Kier molecular flexibility index (Phi) is 7.29. The summed E-state index contributed by atoms with van der Waals surface area (Å²) in [5.41, 5.74) is 4.92. The maximum absolute atomic E-state index is 10.0. The molecule has 2 saturated carbocycles. The fraction of sp³-hybridized carbons (Fsp3) is 0.778. The van der Waals surface area contributed by atoms with Gasteiger partial charge in [-0.2, -0.15) is 0 Å². The Morgan fingerprint density at radius 2 is 1.96 bits per heavy atom. The van der Waals surface area contributed by atoms with E-state index in [1.165, 1.54) is 62.5 Å². The molecule has 0 heterocycles. The SMILES string of the molecule is CC1=CC[C@H](O)C/C1=C\C=C1CCC[C@]2(C)[C@@H]([C@H](C)CCCC(C)C)CC[C@@H]12. The van der Waals surface area contributed by atoms with Gasteiger partial charge >= 0.3 is 0 Å². The summed E-state index contributed by atoms with van der Waals surface area (Å²) in [7, 11) is 0. The minimum atomic E-state index is -0.187. The van der Waals surface area contributed by atoms with Gasteiger partial charge in [0.05, 0.1) is 6.10 Å². The third-order valence-corrected chi connectivity index (χ3v) is 8.32. The molecule has 0 unspecified atom stereocenters. The van der Waals surface area contributed by atoms with Crippen molar-refractivity contribution in [2.45, 2.75) is 105 Å². The second-order valence-electron chi connectivity index (χ2n) is 10.8. The van der Waals surface area contributed by atoms with Gasteiger partial charge in [0.15, 0.2) is 0 Å². The Morgan fingerprint density at radius 3 is 2.71 bits per heavy atom. The van der Waals surface area contributed by atoms with Crippen molar-refractivity contribution in [3.63, 3.8) is 0 Å². The van der Waals surface area contributed by atoms with Crippen LogP contribution in [0.3, 0.4) is 0 Å². The Bertz CT molecular complexity index is 622. The van der Waals surface area contributed by atoms with Crippen LogP contribution >= 0.6 is 0 Å². The van der Waals surface area contributed by atoms with E-state index in [1.807, 2.05) is 0 Å². The van der Waals surface area contributed by atoms with Gasteiger partial charge in [-0.25, -0.2) is 0 Å². The van der Waals surface area contributed by atoms with Crippen LogP contribution in [0, 0.1) is 29.1 Å². The van der Waals surface area contributed by atoms with Crippen molar-refractivity contribution in [2.24, 2.45) is 29.1 Å². The lowest BCUT2D eigenvalue weighted by Crippen LogP contribution is -2.36. The summed E-state index contributed by atoms with van der Waals surface area (Å²) in [6, 6.07) is 0. The van der Waals surface area contributed by atoms with Gasteiger partial charge in [0, 0.05) is 0 Å². The second kappa shape index (κ2) is 9.33. The summed E-state index contributed by atoms with van der Waals surface area (Å²) in [4.78, 5) is 0. The molecule has 1 nitrogen and oxygen atoms in total. The van der Waals surface area contributed by atoms with Gasteiger partial charge < -0.3 is 5.11 Å². The molecule has 2 fully saturated rings. The van der Waals surface area contributed by atoms with E-state index in [1.54, 1.807) is 5.57 Å². The summed E-state index contributed by atoms with van der Waals surface area (Å²) >= 11 is 0. The molecule has 3 aliphatic carbocycles. The Morgan fingerprint density at radius 1 is 1.18 bits per heavy atom. The summed E-state index contributed by atoms with van der Waals surface area (Å²) in [6.07, 6.45) is 19.5. The normalized spacial score (nSPS) is 37.4. The fourth-order valence-electron chi connectivity index (χ4n) is 6.61. The zero-order chi connectivity index (χ0) is 20.3. The van der Waals surface area contributed by atoms with Crippen molar-refractivity contribution in [3.8, 4) is 0 Å². The lowest BCUT2D eigenvalue weighted by atomic mass is 9.60. The number of fused-ring (bicyclic) bond motifs is 1. The molecular formula is C27H44O. The lowest BCUT2D eigenvalue weighted by Gasteiger charge is -2.44. The van der Waals surface area contributed by atoms with Crippen molar-refractivity contribution in [2.75, 3.05) is 0 Å². The first-order chi connectivity index (χ1) is 13.3. The van der Waals surface area contributed by atoms with E-state index in [9.17, 15) is 5.11 Å². The molecule has 28 heavy (non-hydrogen) atoms. The Balaban J connectivity index is 1.71. The molecule has 0 spiro atoms. The van der Waals surface area contributed by atoms with E-state index in [2.05, 4.69) is 52.8 Å². The molecular weight excluding hydrogens is 340 g/mol. The van der Waals surface area contributed by atoms with Crippen LogP contribution in [0.4, 0.5) is 0 Å². The molecule has 158 valence electrons. The Labute approximate surface area is 174 Å². The fourth-order valence-corrected chi connectivity index (χ4v) is 6.61. The standard InChI is InChI=1S/C27H44O/c1-19(2)8-6-9-21(4)25-15-16-26-22(10-7-17-27(25,26)5)12-13-23-18-24(28)14-11-20(23)3/h11-13,19,21,24-26,28H,6-10,14-18H2,1-5H3/b22-12?,23-13+/t21-,24+,25-,26+,27-/m1/s1. The lowest BCUT2D eigenvalue weighted by molar-refractivity contribution is 0.0929. The number of aliphatic hydroxyl groups is 1. The van der Waals surface area contributed by atoms with Crippen LogP contribution in [0.15, 0.2) is 34.9 Å². The van der Waals surface area contributed by atoms with Gasteiger partial charge in [-0.3, -0.25) is 0 Å². The topological polar surface area (TPSA) is 20.2 Å². The minimum Gasteiger partial charge on any atom is -0.392 e. The highest BCUT2D eigenvalue weighted by molar-refractivity contribution is 5.37. The van der Waals surface area contributed by atoms with E-state index in [0.717, 1.165) is 36.5 Å². The molecule has 3 rings (SSSR count). The maximum atomic E-state index is 10.0. The largest absolute Gasteiger partial charge is 0.392 e. The van der Waals surface area contributed by atoms with Crippen LogP contribution in [0.2, 0.25) is 0 Å². The van der Waals surface area contributed by atoms with E-state index in [-0.39, 0.29) is 6.10 Å². The van der Waals surface area contributed by atoms with Gasteiger partial charge in [-0.1, -0.05) is 76.3 Å². The molecule has 5 atom stereocenters. The molecule has 0 amide bonds. The molecule has 0 bridgehead atoms. The first-order valence-electron chi connectivity index (χ1n) is 12.1. The third-order valence-electron chi connectivity index (χ3n) is 8.32. The zero-order valence-corrected chi connectivity index (χ0v) is 19.1. The van der Waals surface area contributed by atoms with Gasteiger partial charge in [0.25, 0.3) is 0 Å². The number of rotatable bonds is 6. The highest BCUT2D eigenvalue weighted by Gasteiger charge is 2.50. The predicted molar refractivity (Wildman–Crippen MR) is 121 cm³/mol. The van der Waals surface area contributed by atoms with E-state index in [4.69, 9.17) is 0 Å². The van der Waals surface area contributed by atoms with Crippen molar-refractivity contribution in [3.05, 3.63) is 34.9 Å². The molecule has 0 radical (unpaired) electrons. The molecule has 1 heteroatoms. The second-order valence-corrected chi connectivity index (χ2v) is 10.8. The van der Waals surface area contributed by atoms with Crippen LogP contribution in [0.1, 0.15) is 98.8 Å². The number of allylic oxidation sites excluding steroid dienone is 4. The molecule has 3 aliphatic rings. The Hall–Kier alpha value is -0.820. The predicted octanol–water partition coefficient (Wildman–Crippen LogP) is 7.62. The van der Waals surface area contributed by atoms with E-state index in [0.29, 0.717) is 5.41 Å². The van der Waals surface area contributed by atoms with Crippen LogP contribution < -0.4 is 0 Å². The van der Waals surface area contributed by atoms with E-state index >= 15 is 0 Å². The van der Waals surface area contributed by atoms with Gasteiger partial charge in [-0.05, 0) is 86.5 Å². The summed E-state index contributed by atoms with van der Waals surface area (Å²) in [5, 5.41) is 10.0. The third kappa shape index (κ3) is 4.84. The first kappa shape index (κ1) is 21.9. The zero-order valence-electron chi connectivity index (χ0n) is 19.1. The molecule has 0 saturated heterocycles. The van der Waals surface area contributed by atoms with Gasteiger partial charge in [0.1, 0.15) is 0 Å². The van der Waals surface area contributed by atoms with Gasteiger partial charge in [-0.15, -0.1) is 0 Å². The minimum absolute atomic E-state index is 0.187. The highest BCUT2D eigenvalue weighted by Crippen LogP contribution is 2.59.